The highest BCUT2D eigenvalue weighted by molar-refractivity contribution is 5.96. The van der Waals surface area contributed by atoms with E-state index < -0.39 is 5.92 Å². The zero-order valence-electron chi connectivity index (χ0n) is 11.7. The molecule has 1 unspecified atom stereocenters. The molecule has 1 atom stereocenters. The molecule has 0 aliphatic carbocycles. The first-order chi connectivity index (χ1) is 9.45. The number of nitrogens with zero attached hydrogens (tertiary/aromatic N) is 1. The maximum atomic E-state index is 11.9. The molecule has 0 bridgehead atoms. The molecule has 0 amide bonds. The van der Waals surface area contributed by atoms with Gasteiger partial charge in [0.05, 0.1) is 5.92 Å². The van der Waals surface area contributed by atoms with Crippen LogP contribution in [0.1, 0.15) is 30.9 Å². The summed E-state index contributed by atoms with van der Waals surface area (Å²) in [6.07, 6.45) is 0. The molecular formula is C16H16N2O2. The number of benzene rings is 1. The minimum atomic E-state index is -0.453. The lowest BCUT2D eigenvalue weighted by Gasteiger charge is -2.26. The molecule has 0 spiro atoms. The number of ether oxygens (including phenoxy) is 1. The number of ketones is 1. The summed E-state index contributed by atoms with van der Waals surface area (Å²) in [5.74, 6) is -0.0394. The van der Waals surface area contributed by atoms with E-state index in [0.29, 0.717) is 11.3 Å². The van der Waals surface area contributed by atoms with Crippen LogP contribution in [-0.2, 0) is 9.53 Å². The maximum absolute atomic E-state index is 11.9. The van der Waals surface area contributed by atoms with Crippen molar-refractivity contribution in [2.45, 2.75) is 26.7 Å². The fourth-order valence-corrected chi connectivity index (χ4v) is 2.52. The van der Waals surface area contributed by atoms with E-state index in [0.717, 1.165) is 11.1 Å². The topological polar surface area (TPSA) is 76.1 Å². The maximum Gasteiger partial charge on any atom is 0.205 e. The van der Waals surface area contributed by atoms with Crippen LogP contribution in [-0.4, -0.2) is 5.78 Å². The molecule has 0 aromatic heterocycles. The third-order valence-electron chi connectivity index (χ3n) is 3.36. The molecule has 1 aliphatic heterocycles. The second kappa shape index (κ2) is 5.22. The Morgan fingerprint density at radius 1 is 1.40 bits per heavy atom. The molecule has 4 nitrogen and oxygen atoms in total. The van der Waals surface area contributed by atoms with Crippen molar-refractivity contribution in [2.75, 3.05) is 0 Å². The number of nitrogens with two attached hydrogens (primary N) is 1. The Bertz CT molecular complexity index is 678. The van der Waals surface area contributed by atoms with Crippen molar-refractivity contribution >= 4 is 5.78 Å². The van der Waals surface area contributed by atoms with E-state index >= 15 is 0 Å². The van der Waals surface area contributed by atoms with Gasteiger partial charge in [0.25, 0.3) is 0 Å². The van der Waals surface area contributed by atoms with Gasteiger partial charge in [-0.3, -0.25) is 4.79 Å². The van der Waals surface area contributed by atoms with E-state index in [2.05, 4.69) is 6.07 Å². The Labute approximate surface area is 118 Å². The quantitative estimate of drug-likeness (QED) is 0.894. The molecule has 2 N–H and O–H groups in total. The molecule has 2 rings (SSSR count). The van der Waals surface area contributed by atoms with Gasteiger partial charge in [0, 0.05) is 5.57 Å². The minimum absolute atomic E-state index is 0.0708. The fourth-order valence-electron chi connectivity index (χ4n) is 2.52. The van der Waals surface area contributed by atoms with Gasteiger partial charge in [-0.25, -0.2) is 0 Å². The summed E-state index contributed by atoms with van der Waals surface area (Å²) < 4.78 is 5.34. The predicted molar refractivity (Wildman–Crippen MR) is 75.2 cm³/mol. The normalized spacial score (nSPS) is 18.6. The predicted octanol–water partition coefficient (Wildman–Crippen LogP) is 2.67. The van der Waals surface area contributed by atoms with Gasteiger partial charge in [-0.1, -0.05) is 29.8 Å². The zero-order chi connectivity index (χ0) is 14.9. The summed E-state index contributed by atoms with van der Waals surface area (Å²) in [4.78, 5) is 11.9. The number of hydrogen-bond acceptors (Lipinski definition) is 4. The van der Waals surface area contributed by atoms with Crippen LogP contribution in [0.4, 0.5) is 0 Å². The Hall–Kier alpha value is -2.54. The minimum Gasteiger partial charge on any atom is -0.445 e. The number of nitriles is 1. The molecule has 1 aromatic rings. The van der Waals surface area contributed by atoms with Crippen LogP contribution in [0.3, 0.4) is 0 Å². The smallest absolute Gasteiger partial charge is 0.205 e. The molecular weight excluding hydrogens is 252 g/mol. The molecule has 1 heterocycles. The highest BCUT2D eigenvalue weighted by Gasteiger charge is 2.33. The van der Waals surface area contributed by atoms with Crippen LogP contribution in [0.25, 0.3) is 0 Å². The Kier molecular flexibility index (Phi) is 3.62. The van der Waals surface area contributed by atoms with Crippen LogP contribution < -0.4 is 5.73 Å². The standard InChI is InChI=1S/C16H16N2O2/c1-9-5-4-6-12(7-9)15-13(8-17)16(18)20-11(3)14(15)10(2)19/h4-7,15H,18H2,1-3H3. The molecule has 1 aromatic carbocycles. The number of carbonyl (C=O) groups is 1. The average molecular weight is 268 g/mol. The SMILES string of the molecule is CC(=O)C1=C(C)OC(N)=C(C#N)C1c1cccc(C)c1. The lowest BCUT2D eigenvalue weighted by molar-refractivity contribution is -0.114. The van der Waals surface area contributed by atoms with Crippen LogP contribution in [0.2, 0.25) is 0 Å². The first-order valence-corrected chi connectivity index (χ1v) is 6.31. The average Bonchev–Trinajstić information content (AvgIpc) is 2.37. The molecule has 0 radical (unpaired) electrons. The third-order valence-corrected chi connectivity index (χ3v) is 3.36. The van der Waals surface area contributed by atoms with Crippen molar-refractivity contribution in [3.05, 3.63) is 58.2 Å². The van der Waals surface area contributed by atoms with Gasteiger partial charge in [0.15, 0.2) is 5.78 Å². The van der Waals surface area contributed by atoms with Gasteiger partial charge < -0.3 is 10.5 Å². The molecule has 1 aliphatic rings. The van der Waals surface area contributed by atoms with Crippen LogP contribution in [0.5, 0.6) is 0 Å². The van der Waals surface area contributed by atoms with Gasteiger partial charge in [-0.2, -0.15) is 5.26 Å². The fraction of sp³-hybridized carbons (Fsp3) is 0.250. The second-order valence-electron chi connectivity index (χ2n) is 4.86. The Morgan fingerprint density at radius 3 is 2.65 bits per heavy atom. The molecule has 0 fully saturated rings. The van der Waals surface area contributed by atoms with Crippen molar-refractivity contribution in [2.24, 2.45) is 5.73 Å². The second-order valence-corrected chi connectivity index (χ2v) is 4.86. The van der Waals surface area contributed by atoms with E-state index in [1.807, 2.05) is 31.2 Å². The van der Waals surface area contributed by atoms with Gasteiger partial charge in [-0.15, -0.1) is 0 Å². The Balaban J connectivity index is 2.67. The molecule has 20 heavy (non-hydrogen) atoms. The van der Waals surface area contributed by atoms with Gasteiger partial charge in [0.1, 0.15) is 17.4 Å². The van der Waals surface area contributed by atoms with Gasteiger partial charge >= 0.3 is 0 Å². The van der Waals surface area contributed by atoms with Crippen molar-refractivity contribution in [3.63, 3.8) is 0 Å². The molecule has 102 valence electrons. The monoisotopic (exact) mass is 268 g/mol. The van der Waals surface area contributed by atoms with Crippen molar-refractivity contribution in [1.29, 1.82) is 5.26 Å². The number of Topliss-reactive ketones (excluding diaryl/α,β-unsaturated/α-hetero) is 1. The summed E-state index contributed by atoms with van der Waals surface area (Å²) in [5.41, 5.74) is 8.50. The third kappa shape index (κ3) is 2.30. The number of allylic oxidation sites excluding steroid dienone is 3. The van der Waals surface area contributed by atoms with Crippen molar-refractivity contribution in [1.82, 2.24) is 0 Å². The van der Waals surface area contributed by atoms with E-state index in [1.54, 1.807) is 6.92 Å². The highest BCUT2D eigenvalue weighted by atomic mass is 16.5. The van der Waals surface area contributed by atoms with E-state index in [-0.39, 0.29) is 17.2 Å². The van der Waals surface area contributed by atoms with Crippen LogP contribution in [0.15, 0.2) is 47.1 Å². The van der Waals surface area contributed by atoms with Crippen molar-refractivity contribution < 1.29 is 9.53 Å². The molecule has 0 saturated carbocycles. The molecule has 4 heteroatoms. The number of carbonyl (C=O) groups excluding carboxylic acids is 1. The largest absolute Gasteiger partial charge is 0.445 e. The first kappa shape index (κ1) is 13.9. The lowest BCUT2D eigenvalue weighted by Crippen LogP contribution is -2.23. The van der Waals surface area contributed by atoms with Gasteiger partial charge in [0.2, 0.25) is 5.88 Å². The summed E-state index contributed by atoms with van der Waals surface area (Å²) in [7, 11) is 0. The number of hydrogen-bond donors (Lipinski definition) is 1. The summed E-state index contributed by atoms with van der Waals surface area (Å²) in [5, 5.41) is 9.35. The summed E-state index contributed by atoms with van der Waals surface area (Å²) >= 11 is 0. The van der Waals surface area contributed by atoms with Gasteiger partial charge in [-0.05, 0) is 26.3 Å². The highest BCUT2D eigenvalue weighted by Crippen LogP contribution is 2.39. The first-order valence-electron chi connectivity index (χ1n) is 6.31. The molecule has 0 saturated heterocycles. The van der Waals surface area contributed by atoms with E-state index in [9.17, 15) is 10.1 Å². The van der Waals surface area contributed by atoms with Crippen LogP contribution in [0, 0.1) is 18.3 Å². The van der Waals surface area contributed by atoms with Crippen LogP contribution >= 0.6 is 0 Å². The van der Waals surface area contributed by atoms with Crippen molar-refractivity contribution in [3.8, 4) is 6.07 Å². The lowest BCUT2D eigenvalue weighted by atomic mass is 9.81. The summed E-state index contributed by atoms with van der Waals surface area (Å²) in [6.45, 7) is 5.13. The Morgan fingerprint density at radius 2 is 2.10 bits per heavy atom. The summed E-state index contributed by atoms with van der Waals surface area (Å²) in [6, 6.07) is 9.78. The van der Waals surface area contributed by atoms with E-state index in [1.165, 1.54) is 6.92 Å². The number of aryl methyl sites for hydroxylation is 1. The van der Waals surface area contributed by atoms with E-state index in [4.69, 9.17) is 10.5 Å². The zero-order valence-corrected chi connectivity index (χ0v) is 11.7. The number of rotatable bonds is 2.